The second-order valence-electron chi connectivity index (χ2n) is 4.54. The van der Waals surface area contributed by atoms with Gasteiger partial charge in [0.1, 0.15) is 5.82 Å². The average molecular weight is 233 g/mol. The van der Waals surface area contributed by atoms with Gasteiger partial charge in [0.2, 0.25) is 0 Å². The van der Waals surface area contributed by atoms with Gasteiger partial charge in [0.05, 0.1) is 4.88 Å². The first-order valence-corrected chi connectivity index (χ1v) is 6.69. The molecular weight excluding hydrogens is 218 g/mol. The maximum Gasteiger partial charge on any atom is 0.191 e. The molecule has 84 valence electrons. The molecule has 4 heteroatoms. The summed E-state index contributed by atoms with van der Waals surface area (Å²) in [6.07, 6.45) is 3.89. The molecule has 0 aliphatic heterocycles. The molecule has 3 nitrogen and oxygen atoms in total. The summed E-state index contributed by atoms with van der Waals surface area (Å²) in [7, 11) is 0. The average Bonchev–Trinajstić information content (AvgIpc) is 2.96. The molecule has 0 bridgehead atoms. The molecule has 1 fully saturated rings. The highest BCUT2D eigenvalue weighted by molar-refractivity contribution is 7.13. The lowest BCUT2D eigenvalue weighted by Gasteiger charge is -2.10. The number of hydrogen-bond donors (Lipinski definition) is 1. The number of aromatic amines is 1. The first kappa shape index (κ1) is 10.0. The molecular formula is C12H15N3S. The second-order valence-corrected chi connectivity index (χ2v) is 5.48. The highest BCUT2D eigenvalue weighted by Crippen LogP contribution is 2.38. The van der Waals surface area contributed by atoms with Gasteiger partial charge < -0.3 is 0 Å². The van der Waals surface area contributed by atoms with Crippen LogP contribution in [-0.4, -0.2) is 15.2 Å². The van der Waals surface area contributed by atoms with Crippen LogP contribution in [-0.2, 0) is 0 Å². The third-order valence-electron chi connectivity index (χ3n) is 3.46. The van der Waals surface area contributed by atoms with E-state index in [2.05, 4.69) is 33.6 Å². The number of nitrogens with zero attached hydrogens (tertiary/aromatic N) is 2. The molecule has 3 rings (SSSR count). The molecule has 1 saturated carbocycles. The summed E-state index contributed by atoms with van der Waals surface area (Å²) >= 11 is 1.69. The Bertz CT molecular complexity index is 460. The highest BCUT2D eigenvalue weighted by Gasteiger charge is 2.27. The van der Waals surface area contributed by atoms with Crippen LogP contribution < -0.4 is 0 Å². The SMILES string of the molecule is CC1CCCC1c1nc(-c2cccs2)n[nH]1. The Balaban J connectivity index is 1.88. The van der Waals surface area contributed by atoms with Gasteiger partial charge in [-0.2, -0.15) is 5.10 Å². The van der Waals surface area contributed by atoms with Gasteiger partial charge in [-0.1, -0.05) is 19.4 Å². The van der Waals surface area contributed by atoms with Crippen LogP contribution in [0.5, 0.6) is 0 Å². The van der Waals surface area contributed by atoms with E-state index in [9.17, 15) is 0 Å². The molecule has 2 unspecified atom stereocenters. The molecule has 0 radical (unpaired) electrons. The number of H-pyrrole nitrogens is 1. The maximum absolute atomic E-state index is 4.63. The van der Waals surface area contributed by atoms with Crippen molar-refractivity contribution < 1.29 is 0 Å². The van der Waals surface area contributed by atoms with E-state index < -0.39 is 0 Å². The summed E-state index contributed by atoms with van der Waals surface area (Å²) < 4.78 is 0. The van der Waals surface area contributed by atoms with E-state index in [0.29, 0.717) is 5.92 Å². The van der Waals surface area contributed by atoms with Crippen LogP contribution in [0.2, 0.25) is 0 Å². The number of thiophene rings is 1. The minimum absolute atomic E-state index is 0.584. The Kier molecular flexibility index (Phi) is 2.52. The van der Waals surface area contributed by atoms with Crippen molar-refractivity contribution >= 4 is 11.3 Å². The lowest BCUT2D eigenvalue weighted by molar-refractivity contribution is 0.511. The quantitative estimate of drug-likeness (QED) is 0.863. The lowest BCUT2D eigenvalue weighted by atomic mass is 9.98. The number of nitrogens with one attached hydrogen (secondary N) is 1. The topological polar surface area (TPSA) is 41.6 Å². The van der Waals surface area contributed by atoms with Crippen molar-refractivity contribution in [3.63, 3.8) is 0 Å². The predicted molar refractivity (Wildman–Crippen MR) is 65.5 cm³/mol. The van der Waals surface area contributed by atoms with E-state index in [0.717, 1.165) is 22.4 Å². The third-order valence-corrected chi connectivity index (χ3v) is 4.32. The molecule has 0 spiro atoms. The summed E-state index contributed by atoms with van der Waals surface area (Å²) in [5.41, 5.74) is 0. The van der Waals surface area contributed by atoms with Crippen LogP contribution in [0.4, 0.5) is 0 Å². The molecule has 1 aliphatic carbocycles. The van der Waals surface area contributed by atoms with Crippen molar-refractivity contribution in [1.82, 2.24) is 15.2 Å². The van der Waals surface area contributed by atoms with Crippen LogP contribution in [0, 0.1) is 5.92 Å². The maximum atomic E-state index is 4.63. The lowest BCUT2D eigenvalue weighted by Crippen LogP contribution is -2.03. The van der Waals surface area contributed by atoms with Crippen LogP contribution >= 0.6 is 11.3 Å². The smallest absolute Gasteiger partial charge is 0.191 e. The van der Waals surface area contributed by atoms with Gasteiger partial charge in [0.15, 0.2) is 5.82 Å². The summed E-state index contributed by atoms with van der Waals surface area (Å²) in [5, 5.41) is 9.48. The zero-order chi connectivity index (χ0) is 11.0. The summed E-state index contributed by atoms with van der Waals surface area (Å²) in [5.74, 6) is 3.25. The number of hydrogen-bond acceptors (Lipinski definition) is 3. The fourth-order valence-electron chi connectivity index (χ4n) is 2.51. The van der Waals surface area contributed by atoms with Crippen LogP contribution in [0.1, 0.15) is 37.9 Å². The largest absolute Gasteiger partial charge is 0.262 e. The normalized spacial score (nSPS) is 25.1. The van der Waals surface area contributed by atoms with Gasteiger partial charge in [0.25, 0.3) is 0 Å². The van der Waals surface area contributed by atoms with Gasteiger partial charge >= 0.3 is 0 Å². The van der Waals surface area contributed by atoms with Crippen molar-refractivity contribution in [2.45, 2.75) is 32.1 Å². The molecule has 1 N–H and O–H groups in total. The van der Waals surface area contributed by atoms with Gasteiger partial charge in [-0.25, -0.2) is 4.98 Å². The number of aromatic nitrogens is 3. The van der Waals surface area contributed by atoms with E-state index in [-0.39, 0.29) is 0 Å². The van der Waals surface area contributed by atoms with Gasteiger partial charge in [-0.15, -0.1) is 11.3 Å². The van der Waals surface area contributed by atoms with E-state index >= 15 is 0 Å². The van der Waals surface area contributed by atoms with E-state index in [1.165, 1.54) is 19.3 Å². The summed E-state index contributed by atoms with van der Waals surface area (Å²) in [6.45, 7) is 2.31. The van der Waals surface area contributed by atoms with Crippen LogP contribution in [0.3, 0.4) is 0 Å². The Labute approximate surface area is 98.9 Å². The van der Waals surface area contributed by atoms with E-state index in [4.69, 9.17) is 0 Å². The van der Waals surface area contributed by atoms with Crippen LogP contribution in [0.25, 0.3) is 10.7 Å². The minimum atomic E-state index is 0.584. The Morgan fingerprint density at radius 1 is 1.44 bits per heavy atom. The van der Waals surface area contributed by atoms with E-state index in [1.54, 1.807) is 11.3 Å². The summed E-state index contributed by atoms with van der Waals surface area (Å²) in [4.78, 5) is 5.78. The van der Waals surface area contributed by atoms with Gasteiger partial charge in [-0.3, -0.25) is 5.10 Å². The molecule has 0 saturated heterocycles. The van der Waals surface area contributed by atoms with Gasteiger partial charge in [0, 0.05) is 5.92 Å². The fourth-order valence-corrected chi connectivity index (χ4v) is 3.17. The third kappa shape index (κ3) is 1.67. The molecule has 0 aromatic carbocycles. The fraction of sp³-hybridized carbons (Fsp3) is 0.500. The summed E-state index contributed by atoms with van der Waals surface area (Å²) in [6, 6.07) is 4.10. The van der Waals surface area contributed by atoms with Gasteiger partial charge in [-0.05, 0) is 30.2 Å². The van der Waals surface area contributed by atoms with Crippen molar-refractivity contribution in [3.8, 4) is 10.7 Å². The Hall–Kier alpha value is -1.16. The molecule has 2 heterocycles. The standard InChI is InChI=1S/C12H15N3S/c1-8-4-2-5-9(8)11-13-12(15-14-11)10-6-3-7-16-10/h3,6-9H,2,4-5H2,1H3,(H,13,14,15). The first-order chi connectivity index (χ1) is 7.84. The predicted octanol–water partition coefficient (Wildman–Crippen LogP) is 3.44. The van der Waals surface area contributed by atoms with Crippen molar-refractivity contribution in [2.24, 2.45) is 5.92 Å². The zero-order valence-corrected chi connectivity index (χ0v) is 10.1. The Morgan fingerprint density at radius 2 is 2.38 bits per heavy atom. The van der Waals surface area contributed by atoms with Crippen molar-refractivity contribution in [1.29, 1.82) is 0 Å². The highest BCUT2D eigenvalue weighted by atomic mass is 32.1. The van der Waals surface area contributed by atoms with Crippen molar-refractivity contribution in [2.75, 3.05) is 0 Å². The first-order valence-electron chi connectivity index (χ1n) is 5.81. The van der Waals surface area contributed by atoms with Crippen LogP contribution in [0.15, 0.2) is 17.5 Å². The molecule has 2 atom stereocenters. The molecule has 2 aromatic rings. The van der Waals surface area contributed by atoms with E-state index in [1.807, 2.05) is 6.07 Å². The molecule has 2 aromatic heterocycles. The van der Waals surface area contributed by atoms with Crippen molar-refractivity contribution in [3.05, 3.63) is 23.3 Å². The monoisotopic (exact) mass is 233 g/mol. The Morgan fingerprint density at radius 3 is 3.06 bits per heavy atom. The number of rotatable bonds is 2. The zero-order valence-electron chi connectivity index (χ0n) is 9.31. The minimum Gasteiger partial charge on any atom is -0.262 e. The molecule has 0 amide bonds. The molecule has 1 aliphatic rings. The molecule has 16 heavy (non-hydrogen) atoms. The second kappa shape index (κ2) is 4.01.